The molecule has 132 valence electrons. The molecule has 0 aliphatic rings. The summed E-state index contributed by atoms with van der Waals surface area (Å²) in [6.45, 7) is 2.89. The van der Waals surface area contributed by atoms with E-state index in [2.05, 4.69) is 15.0 Å². The largest absolute Gasteiger partial charge is 0.465 e. The number of hydrogen-bond donors (Lipinski definition) is 2. The highest BCUT2D eigenvalue weighted by Crippen LogP contribution is 2.21. The fraction of sp³-hybridized carbons (Fsp3) is 0.235. The fourth-order valence-corrected chi connectivity index (χ4v) is 2.46. The molecule has 0 fully saturated rings. The van der Waals surface area contributed by atoms with Gasteiger partial charge in [0.05, 0.1) is 24.8 Å². The van der Waals surface area contributed by atoms with Crippen LogP contribution in [0.1, 0.15) is 39.0 Å². The molecule has 6 nitrogen and oxygen atoms in total. The van der Waals surface area contributed by atoms with Crippen LogP contribution < -0.4 is 5.32 Å². The summed E-state index contributed by atoms with van der Waals surface area (Å²) in [6, 6.07) is 2.94. The Balaban J connectivity index is 2.27. The van der Waals surface area contributed by atoms with E-state index in [9.17, 15) is 23.2 Å². The molecule has 1 aromatic carbocycles. The Morgan fingerprint density at radius 2 is 1.88 bits per heavy atom. The van der Waals surface area contributed by atoms with Crippen molar-refractivity contribution in [3.05, 3.63) is 52.3 Å². The van der Waals surface area contributed by atoms with Gasteiger partial charge in [-0.05, 0) is 24.6 Å². The molecule has 25 heavy (non-hydrogen) atoms. The van der Waals surface area contributed by atoms with Gasteiger partial charge >= 0.3 is 5.97 Å². The highest BCUT2D eigenvalue weighted by atomic mass is 19.2. The molecule has 0 bridgehead atoms. The number of H-pyrrole nitrogens is 1. The lowest BCUT2D eigenvalue weighted by molar-refractivity contribution is -0.115. The van der Waals surface area contributed by atoms with Crippen molar-refractivity contribution < 1.29 is 27.9 Å². The van der Waals surface area contributed by atoms with E-state index in [1.807, 2.05) is 0 Å². The number of aromatic nitrogens is 1. The van der Waals surface area contributed by atoms with Gasteiger partial charge in [0.2, 0.25) is 5.91 Å². The Hall–Kier alpha value is -3.03. The molecule has 0 radical (unpaired) electrons. The van der Waals surface area contributed by atoms with Gasteiger partial charge in [0.25, 0.3) is 0 Å². The minimum Gasteiger partial charge on any atom is -0.465 e. The van der Waals surface area contributed by atoms with Crippen LogP contribution in [0.3, 0.4) is 0 Å². The zero-order chi connectivity index (χ0) is 18.7. The number of carbonyl (C=O) groups excluding carboxylic acids is 3. The molecule has 0 unspecified atom stereocenters. The first-order valence-electron chi connectivity index (χ1n) is 7.30. The monoisotopic (exact) mass is 350 g/mol. The second kappa shape index (κ2) is 7.25. The average Bonchev–Trinajstić information content (AvgIpc) is 2.86. The topological polar surface area (TPSA) is 88.3 Å². The van der Waals surface area contributed by atoms with Crippen LogP contribution in [0.5, 0.6) is 0 Å². The van der Waals surface area contributed by atoms with Crippen LogP contribution in [0.2, 0.25) is 0 Å². The minimum atomic E-state index is -1.09. The van der Waals surface area contributed by atoms with Gasteiger partial charge in [-0.3, -0.25) is 9.59 Å². The lowest BCUT2D eigenvalue weighted by Crippen LogP contribution is -2.17. The van der Waals surface area contributed by atoms with Crippen LogP contribution in [-0.4, -0.2) is 29.8 Å². The molecule has 0 aliphatic heterocycles. The lowest BCUT2D eigenvalue weighted by Gasteiger charge is -2.06. The number of aromatic amines is 1. The number of esters is 1. The van der Waals surface area contributed by atoms with Gasteiger partial charge in [0, 0.05) is 24.4 Å². The number of carbonyl (C=O) groups is 3. The van der Waals surface area contributed by atoms with E-state index < -0.39 is 23.5 Å². The summed E-state index contributed by atoms with van der Waals surface area (Å²) in [5.74, 6) is -3.68. The van der Waals surface area contributed by atoms with Crippen LogP contribution in [0.4, 0.5) is 14.5 Å². The van der Waals surface area contributed by atoms with Gasteiger partial charge in [-0.2, -0.15) is 0 Å². The van der Waals surface area contributed by atoms with Crippen molar-refractivity contribution in [1.82, 2.24) is 4.98 Å². The highest BCUT2D eigenvalue weighted by Gasteiger charge is 2.24. The summed E-state index contributed by atoms with van der Waals surface area (Å²) in [6.07, 6.45) is -0.280. The van der Waals surface area contributed by atoms with E-state index in [1.54, 1.807) is 6.92 Å². The smallest absolute Gasteiger partial charge is 0.339 e. The summed E-state index contributed by atoms with van der Waals surface area (Å²) < 4.78 is 30.8. The van der Waals surface area contributed by atoms with E-state index in [0.29, 0.717) is 5.56 Å². The van der Waals surface area contributed by atoms with E-state index in [4.69, 9.17) is 0 Å². The SMILES string of the molecule is COC(=O)c1c(CC(=O)Nc2ccc(F)c(F)c2)[nH]c(C(C)=O)c1C. The van der Waals surface area contributed by atoms with Crippen molar-refractivity contribution in [3.8, 4) is 0 Å². The number of halogens is 2. The summed E-state index contributed by atoms with van der Waals surface area (Å²) >= 11 is 0. The third-order valence-corrected chi connectivity index (χ3v) is 3.61. The minimum absolute atomic E-state index is 0.0681. The van der Waals surface area contributed by atoms with Gasteiger partial charge in [-0.15, -0.1) is 0 Å². The first-order valence-corrected chi connectivity index (χ1v) is 7.30. The first kappa shape index (κ1) is 18.3. The second-order valence-corrected chi connectivity index (χ2v) is 5.38. The molecule has 2 N–H and O–H groups in total. The molecule has 0 aliphatic carbocycles. The van der Waals surface area contributed by atoms with Gasteiger partial charge < -0.3 is 15.0 Å². The molecule has 0 saturated carbocycles. The number of methoxy groups -OCH3 is 1. The van der Waals surface area contributed by atoms with Crippen molar-refractivity contribution in [2.45, 2.75) is 20.3 Å². The Bertz CT molecular complexity index is 859. The number of hydrogen-bond acceptors (Lipinski definition) is 4. The number of Topliss-reactive ketones (excluding diaryl/α,β-unsaturated/α-hetero) is 1. The number of ether oxygens (including phenoxy) is 1. The number of amides is 1. The first-order chi connectivity index (χ1) is 11.7. The Morgan fingerprint density at radius 1 is 1.20 bits per heavy atom. The molecule has 2 rings (SSSR count). The zero-order valence-electron chi connectivity index (χ0n) is 13.8. The van der Waals surface area contributed by atoms with Crippen LogP contribution in [-0.2, 0) is 16.0 Å². The Morgan fingerprint density at radius 3 is 2.44 bits per heavy atom. The van der Waals surface area contributed by atoms with Crippen molar-refractivity contribution >= 4 is 23.3 Å². The molecular formula is C17H16F2N2O4. The quantitative estimate of drug-likeness (QED) is 0.641. The summed E-state index contributed by atoms with van der Waals surface area (Å²) in [7, 11) is 1.19. The van der Waals surface area contributed by atoms with Crippen molar-refractivity contribution in [2.24, 2.45) is 0 Å². The summed E-state index contributed by atoms with van der Waals surface area (Å²) in [4.78, 5) is 38.5. The predicted octanol–water partition coefficient (Wildman–Crippen LogP) is 2.77. The number of nitrogens with one attached hydrogen (secondary N) is 2. The van der Waals surface area contributed by atoms with E-state index in [-0.39, 0.29) is 34.8 Å². The maximum atomic E-state index is 13.2. The average molecular weight is 350 g/mol. The van der Waals surface area contributed by atoms with Crippen LogP contribution >= 0.6 is 0 Å². The fourth-order valence-electron chi connectivity index (χ4n) is 2.46. The van der Waals surface area contributed by atoms with E-state index >= 15 is 0 Å². The van der Waals surface area contributed by atoms with Gasteiger partial charge in [-0.25, -0.2) is 13.6 Å². The molecule has 0 saturated heterocycles. The molecule has 1 heterocycles. The van der Waals surface area contributed by atoms with E-state index in [1.165, 1.54) is 20.1 Å². The zero-order valence-corrected chi connectivity index (χ0v) is 13.8. The van der Waals surface area contributed by atoms with Crippen LogP contribution in [0.15, 0.2) is 18.2 Å². The highest BCUT2D eigenvalue weighted by molar-refractivity contribution is 6.02. The molecule has 2 aromatic rings. The molecule has 0 spiro atoms. The lowest BCUT2D eigenvalue weighted by atomic mass is 10.1. The van der Waals surface area contributed by atoms with E-state index in [0.717, 1.165) is 12.1 Å². The third-order valence-electron chi connectivity index (χ3n) is 3.61. The van der Waals surface area contributed by atoms with Crippen molar-refractivity contribution in [2.75, 3.05) is 12.4 Å². The molecular weight excluding hydrogens is 334 g/mol. The number of anilines is 1. The molecule has 8 heteroatoms. The summed E-state index contributed by atoms with van der Waals surface area (Å²) in [5, 5.41) is 2.40. The Labute approximate surface area is 142 Å². The van der Waals surface area contributed by atoms with Gasteiger partial charge in [-0.1, -0.05) is 0 Å². The standard InChI is InChI=1S/C17H16F2N2O4/c1-8-15(17(24)25-3)13(21-16(8)9(2)22)7-14(23)20-10-4-5-11(18)12(19)6-10/h4-6,21H,7H2,1-3H3,(H,20,23). The molecule has 1 aromatic heterocycles. The Kier molecular flexibility index (Phi) is 5.31. The second-order valence-electron chi connectivity index (χ2n) is 5.38. The van der Waals surface area contributed by atoms with Crippen LogP contribution in [0, 0.1) is 18.6 Å². The number of ketones is 1. The third kappa shape index (κ3) is 3.90. The number of rotatable bonds is 5. The van der Waals surface area contributed by atoms with Gasteiger partial charge in [0.15, 0.2) is 17.4 Å². The number of benzene rings is 1. The van der Waals surface area contributed by atoms with Crippen molar-refractivity contribution in [1.29, 1.82) is 0 Å². The molecule has 0 atom stereocenters. The predicted molar refractivity (Wildman–Crippen MR) is 85.6 cm³/mol. The molecule has 1 amide bonds. The normalized spacial score (nSPS) is 10.4. The summed E-state index contributed by atoms with van der Waals surface area (Å²) in [5.41, 5.74) is 0.965. The van der Waals surface area contributed by atoms with Crippen LogP contribution in [0.25, 0.3) is 0 Å². The van der Waals surface area contributed by atoms with Gasteiger partial charge in [0.1, 0.15) is 0 Å². The maximum Gasteiger partial charge on any atom is 0.339 e. The van der Waals surface area contributed by atoms with Crippen molar-refractivity contribution in [3.63, 3.8) is 0 Å². The maximum absolute atomic E-state index is 13.2.